The van der Waals surface area contributed by atoms with Crippen LogP contribution in [0.3, 0.4) is 0 Å². The van der Waals surface area contributed by atoms with Crippen molar-refractivity contribution in [2.24, 2.45) is 0 Å². The molecule has 1 aromatic rings. The number of carbonyl (C=O) groups excluding carboxylic acids is 2. The number of hydrogen-bond acceptors (Lipinski definition) is 5. The van der Waals surface area contributed by atoms with E-state index in [0.29, 0.717) is 36.8 Å². The molecular weight excluding hydrogens is 298 g/mol. The molecule has 1 amide bonds. The van der Waals surface area contributed by atoms with Crippen LogP contribution in [-0.4, -0.2) is 38.2 Å². The Balaban J connectivity index is 1.73. The summed E-state index contributed by atoms with van der Waals surface area (Å²) in [5, 5.41) is 2.74. The summed E-state index contributed by atoms with van der Waals surface area (Å²) >= 11 is 0. The van der Waals surface area contributed by atoms with E-state index >= 15 is 0 Å². The predicted molar refractivity (Wildman–Crippen MR) is 84.9 cm³/mol. The average Bonchev–Trinajstić information content (AvgIpc) is 2.59. The number of unbranched alkanes of at least 4 members (excludes halogenated alkanes) is 3. The molecule has 0 unspecified atom stereocenters. The number of esters is 1. The summed E-state index contributed by atoms with van der Waals surface area (Å²) in [6, 6.07) is 4.83. The van der Waals surface area contributed by atoms with E-state index < -0.39 is 5.97 Å². The summed E-state index contributed by atoms with van der Waals surface area (Å²) in [7, 11) is 0. The normalized spacial score (nSPS) is 12.6. The number of rotatable bonds is 8. The molecule has 2 rings (SSSR count). The van der Waals surface area contributed by atoms with Crippen LogP contribution in [0.2, 0.25) is 0 Å². The zero-order chi connectivity index (χ0) is 16.5. The SMILES string of the molecule is CCCCCCNC(=O)COC(=O)c1ccc2c(c1)OCCO2. The van der Waals surface area contributed by atoms with Crippen LogP contribution in [0.1, 0.15) is 43.0 Å². The van der Waals surface area contributed by atoms with Crippen molar-refractivity contribution < 1.29 is 23.8 Å². The molecule has 1 aliphatic heterocycles. The fourth-order valence-corrected chi connectivity index (χ4v) is 2.22. The van der Waals surface area contributed by atoms with Crippen LogP contribution in [0.4, 0.5) is 0 Å². The lowest BCUT2D eigenvalue weighted by Gasteiger charge is -2.18. The third kappa shape index (κ3) is 5.47. The molecule has 0 fully saturated rings. The van der Waals surface area contributed by atoms with Gasteiger partial charge in [0.15, 0.2) is 18.1 Å². The molecule has 6 heteroatoms. The maximum Gasteiger partial charge on any atom is 0.338 e. The van der Waals surface area contributed by atoms with E-state index in [4.69, 9.17) is 14.2 Å². The maximum atomic E-state index is 12.0. The van der Waals surface area contributed by atoms with Crippen molar-refractivity contribution in [1.29, 1.82) is 0 Å². The van der Waals surface area contributed by atoms with Gasteiger partial charge >= 0.3 is 5.97 Å². The Morgan fingerprint density at radius 2 is 1.91 bits per heavy atom. The number of benzene rings is 1. The van der Waals surface area contributed by atoms with Crippen LogP contribution in [0.5, 0.6) is 11.5 Å². The third-order valence-corrected chi connectivity index (χ3v) is 3.46. The minimum atomic E-state index is -0.553. The third-order valence-electron chi connectivity index (χ3n) is 3.46. The van der Waals surface area contributed by atoms with E-state index in [1.807, 2.05) is 0 Å². The Kier molecular flexibility index (Phi) is 6.72. The topological polar surface area (TPSA) is 73.9 Å². The molecule has 126 valence electrons. The number of hydrogen-bond donors (Lipinski definition) is 1. The Morgan fingerprint density at radius 3 is 2.70 bits per heavy atom. The Labute approximate surface area is 136 Å². The summed E-state index contributed by atoms with van der Waals surface area (Å²) in [6.07, 6.45) is 4.35. The van der Waals surface area contributed by atoms with Crippen LogP contribution in [0.25, 0.3) is 0 Å². The van der Waals surface area contributed by atoms with E-state index in [1.165, 1.54) is 0 Å². The lowest BCUT2D eigenvalue weighted by atomic mass is 10.2. The smallest absolute Gasteiger partial charge is 0.338 e. The number of amides is 1. The van der Waals surface area contributed by atoms with Crippen LogP contribution in [0.15, 0.2) is 18.2 Å². The van der Waals surface area contributed by atoms with Crippen molar-refractivity contribution in [3.63, 3.8) is 0 Å². The minimum absolute atomic E-state index is 0.277. The van der Waals surface area contributed by atoms with Crippen molar-refractivity contribution in [3.05, 3.63) is 23.8 Å². The van der Waals surface area contributed by atoms with Gasteiger partial charge in [0.1, 0.15) is 13.2 Å². The highest BCUT2D eigenvalue weighted by Crippen LogP contribution is 2.30. The van der Waals surface area contributed by atoms with Crippen molar-refractivity contribution in [2.45, 2.75) is 32.6 Å². The van der Waals surface area contributed by atoms with Gasteiger partial charge in [-0.2, -0.15) is 0 Å². The second-order valence-electron chi connectivity index (χ2n) is 5.35. The zero-order valence-corrected chi connectivity index (χ0v) is 13.4. The van der Waals surface area contributed by atoms with Crippen molar-refractivity contribution in [1.82, 2.24) is 5.32 Å². The van der Waals surface area contributed by atoms with Crippen molar-refractivity contribution in [2.75, 3.05) is 26.4 Å². The molecule has 0 saturated heterocycles. The molecule has 0 aliphatic carbocycles. The van der Waals surface area contributed by atoms with Crippen LogP contribution in [-0.2, 0) is 9.53 Å². The van der Waals surface area contributed by atoms with E-state index in [-0.39, 0.29) is 12.5 Å². The molecule has 0 radical (unpaired) electrons. The number of fused-ring (bicyclic) bond motifs is 1. The Bertz CT molecular complexity index is 544. The van der Waals surface area contributed by atoms with Gasteiger partial charge in [0.05, 0.1) is 5.56 Å². The lowest BCUT2D eigenvalue weighted by Crippen LogP contribution is -2.29. The van der Waals surface area contributed by atoms with Gasteiger partial charge in [0.25, 0.3) is 5.91 Å². The molecule has 1 heterocycles. The van der Waals surface area contributed by atoms with Crippen molar-refractivity contribution in [3.8, 4) is 11.5 Å². The van der Waals surface area contributed by atoms with Crippen LogP contribution < -0.4 is 14.8 Å². The summed E-state index contributed by atoms with van der Waals surface area (Å²) < 4.78 is 15.8. The van der Waals surface area contributed by atoms with Gasteiger partial charge in [-0.1, -0.05) is 26.2 Å². The molecule has 1 aliphatic rings. The molecule has 0 aromatic heterocycles. The van der Waals surface area contributed by atoms with Gasteiger partial charge < -0.3 is 19.5 Å². The standard InChI is InChI=1S/C17H23NO5/c1-2-3-4-5-8-18-16(19)12-23-17(20)13-6-7-14-15(11-13)22-10-9-21-14/h6-7,11H,2-5,8-10,12H2,1H3,(H,18,19). The highest BCUT2D eigenvalue weighted by molar-refractivity contribution is 5.92. The quantitative estimate of drug-likeness (QED) is 0.587. The first-order valence-electron chi connectivity index (χ1n) is 8.04. The Morgan fingerprint density at radius 1 is 1.13 bits per heavy atom. The second-order valence-corrected chi connectivity index (χ2v) is 5.35. The van der Waals surface area contributed by atoms with Gasteiger partial charge in [-0.15, -0.1) is 0 Å². The number of nitrogens with one attached hydrogen (secondary N) is 1. The summed E-state index contributed by atoms with van der Waals surface area (Å²) in [5.41, 5.74) is 0.338. The fraction of sp³-hybridized carbons (Fsp3) is 0.529. The average molecular weight is 321 g/mol. The largest absolute Gasteiger partial charge is 0.486 e. The lowest BCUT2D eigenvalue weighted by molar-refractivity contribution is -0.124. The molecule has 23 heavy (non-hydrogen) atoms. The highest BCUT2D eigenvalue weighted by Gasteiger charge is 2.16. The van der Waals surface area contributed by atoms with Gasteiger partial charge in [0, 0.05) is 6.54 Å². The molecule has 0 spiro atoms. The first-order chi connectivity index (χ1) is 11.2. The number of carbonyl (C=O) groups is 2. The fourth-order valence-electron chi connectivity index (χ4n) is 2.22. The molecule has 1 N–H and O–H groups in total. The van der Waals surface area contributed by atoms with Gasteiger partial charge in [0.2, 0.25) is 0 Å². The highest BCUT2D eigenvalue weighted by atomic mass is 16.6. The minimum Gasteiger partial charge on any atom is -0.486 e. The molecule has 0 atom stereocenters. The summed E-state index contributed by atoms with van der Waals surface area (Å²) in [5.74, 6) is 0.291. The molecule has 6 nitrogen and oxygen atoms in total. The summed E-state index contributed by atoms with van der Waals surface area (Å²) in [4.78, 5) is 23.6. The van der Waals surface area contributed by atoms with E-state index in [0.717, 1.165) is 25.7 Å². The summed E-state index contributed by atoms with van der Waals surface area (Å²) in [6.45, 7) is 3.42. The maximum absolute atomic E-state index is 12.0. The van der Waals surface area contributed by atoms with Gasteiger partial charge in [-0.05, 0) is 24.6 Å². The Hall–Kier alpha value is -2.24. The monoisotopic (exact) mass is 321 g/mol. The zero-order valence-electron chi connectivity index (χ0n) is 13.4. The molecule has 0 bridgehead atoms. The van der Waals surface area contributed by atoms with Crippen LogP contribution in [0, 0.1) is 0 Å². The molecule has 0 saturated carbocycles. The number of ether oxygens (including phenoxy) is 3. The predicted octanol–water partition coefficient (Wildman–Crippen LogP) is 2.31. The van der Waals surface area contributed by atoms with E-state index in [2.05, 4.69) is 12.2 Å². The second kappa shape index (κ2) is 9.02. The van der Waals surface area contributed by atoms with Crippen LogP contribution >= 0.6 is 0 Å². The molecule has 1 aromatic carbocycles. The van der Waals surface area contributed by atoms with Gasteiger partial charge in [-0.25, -0.2) is 4.79 Å². The first-order valence-corrected chi connectivity index (χ1v) is 8.04. The van der Waals surface area contributed by atoms with Gasteiger partial charge in [-0.3, -0.25) is 4.79 Å². The first kappa shape index (κ1) is 17.1. The van der Waals surface area contributed by atoms with E-state index in [9.17, 15) is 9.59 Å². The van der Waals surface area contributed by atoms with Crippen molar-refractivity contribution >= 4 is 11.9 Å². The van der Waals surface area contributed by atoms with E-state index in [1.54, 1.807) is 18.2 Å². The molecular formula is C17H23NO5.